The predicted molar refractivity (Wildman–Crippen MR) is 166 cm³/mol. The molecule has 1 saturated heterocycles. The quantitative estimate of drug-likeness (QED) is 0.276. The number of ether oxygens (including phenoxy) is 2. The summed E-state index contributed by atoms with van der Waals surface area (Å²) >= 11 is 1.10. The number of amides is 2. The maximum atomic E-state index is 14.0. The Hall–Kier alpha value is -4.88. The number of rotatable bonds is 7. The molecule has 2 atom stereocenters. The fraction of sp³-hybridized carbons (Fsp3) is 0.258. The van der Waals surface area contributed by atoms with Crippen LogP contribution in [0, 0.1) is 5.82 Å². The van der Waals surface area contributed by atoms with Crippen LogP contribution in [0.1, 0.15) is 28.3 Å². The van der Waals surface area contributed by atoms with Crippen LogP contribution in [0.5, 0.6) is 5.75 Å². The molecule has 4 aromatic rings. The summed E-state index contributed by atoms with van der Waals surface area (Å²) in [5.41, 5.74) is 2.46. The third-order valence-electron chi connectivity index (χ3n) is 7.56. The average Bonchev–Trinajstić information content (AvgIpc) is 3.47. The van der Waals surface area contributed by atoms with E-state index in [4.69, 9.17) is 19.4 Å². The molecule has 3 aromatic heterocycles. The van der Waals surface area contributed by atoms with E-state index in [2.05, 4.69) is 27.1 Å². The van der Waals surface area contributed by atoms with Crippen LogP contribution in [0.4, 0.5) is 26.8 Å². The summed E-state index contributed by atoms with van der Waals surface area (Å²) in [4.78, 5) is 43.2. The Bertz CT molecular complexity index is 1730. The fourth-order valence-electron chi connectivity index (χ4n) is 5.25. The molecule has 2 aliphatic rings. The molecule has 6 rings (SSSR count). The van der Waals surface area contributed by atoms with E-state index in [0.29, 0.717) is 53.5 Å². The molecule has 0 aliphatic carbocycles. The Morgan fingerprint density at radius 2 is 2.02 bits per heavy atom. The second kappa shape index (κ2) is 12.4. The molecule has 2 N–H and O–H groups in total. The molecule has 13 heteroatoms. The van der Waals surface area contributed by atoms with Crippen molar-refractivity contribution in [3.05, 3.63) is 83.8 Å². The van der Waals surface area contributed by atoms with E-state index in [1.54, 1.807) is 36.4 Å². The third-order valence-corrected chi connectivity index (χ3v) is 8.48. The zero-order valence-electron chi connectivity index (χ0n) is 24.1. The van der Waals surface area contributed by atoms with Gasteiger partial charge < -0.3 is 29.9 Å². The Kier molecular flexibility index (Phi) is 8.22. The first-order chi connectivity index (χ1) is 21.3. The minimum atomic E-state index is -0.523. The molecular weight excluding hydrogens is 585 g/mol. The first kappa shape index (κ1) is 29.2. The minimum absolute atomic E-state index is 0.0124. The number of methoxy groups -OCH3 is 1. The van der Waals surface area contributed by atoms with Crippen molar-refractivity contribution in [2.75, 3.05) is 48.9 Å². The van der Waals surface area contributed by atoms with E-state index in [0.717, 1.165) is 28.3 Å². The number of hydrogen-bond acceptors (Lipinski definition) is 10. The van der Waals surface area contributed by atoms with Gasteiger partial charge in [0.2, 0.25) is 5.91 Å². The van der Waals surface area contributed by atoms with Crippen molar-refractivity contribution in [1.29, 1.82) is 0 Å². The summed E-state index contributed by atoms with van der Waals surface area (Å²) in [6, 6.07) is 11.6. The van der Waals surface area contributed by atoms with Gasteiger partial charge in [-0.1, -0.05) is 30.0 Å². The summed E-state index contributed by atoms with van der Waals surface area (Å²) < 4.78 is 25.7. The molecule has 0 radical (unpaired) electrons. The molecule has 2 amide bonds. The summed E-state index contributed by atoms with van der Waals surface area (Å²) in [5, 5.41) is 6.12. The van der Waals surface area contributed by atoms with Crippen molar-refractivity contribution >= 4 is 45.6 Å². The number of pyridine rings is 2. The Morgan fingerprint density at radius 1 is 1.18 bits per heavy atom. The number of piperazine rings is 1. The Morgan fingerprint density at radius 3 is 2.82 bits per heavy atom. The summed E-state index contributed by atoms with van der Waals surface area (Å²) in [7, 11) is 1.54. The van der Waals surface area contributed by atoms with Crippen molar-refractivity contribution in [1.82, 2.24) is 19.9 Å². The van der Waals surface area contributed by atoms with E-state index in [1.807, 2.05) is 19.1 Å². The average molecular weight is 616 g/mol. The normalized spacial score (nSPS) is 17.6. The first-order valence-electron chi connectivity index (χ1n) is 14.0. The van der Waals surface area contributed by atoms with Crippen LogP contribution in [-0.2, 0) is 9.53 Å². The first-order valence-corrected chi connectivity index (χ1v) is 14.8. The number of halogens is 1. The highest BCUT2D eigenvalue weighted by Crippen LogP contribution is 2.37. The number of carbonyl (C=O) groups is 2. The van der Waals surface area contributed by atoms with E-state index in [1.165, 1.54) is 24.4 Å². The number of nitrogens with one attached hydrogen (secondary N) is 2. The fourth-order valence-corrected chi connectivity index (χ4v) is 5.96. The largest absolute Gasteiger partial charge is 0.493 e. The number of benzene rings is 1. The topological polar surface area (TPSA) is 122 Å². The maximum absolute atomic E-state index is 14.0. The van der Waals surface area contributed by atoms with E-state index in [-0.39, 0.29) is 23.7 Å². The number of nitrogens with zero attached hydrogens (tertiary/aromatic N) is 5. The lowest BCUT2D eigenvalue weighted by molar-refractivity contribution is -0.127. The lowest BCUT2D eigenvalue weighted by atomic mass is 10.1. The van der Waals surface area contributed by atoms with Crippen LogP contribution in [-0.4, -0.2) is 71.1 Å². The molecule has 226 valence electrons. The van der Waals surface area contributed by atoms with E-state index < -0.39 is 11.7 Å². The van der Waals surface area contributed by atoms with Gasteiger partial charge in [-0.25, -0.2) is 19.3 Å². The summed E-state index contributed by atoms with van der Waals surface area (Å²) in [6.45, 7) is 7.84. The highest BCUT2D eigenvalue weighted by molar-refractivity contribution is 7.17. The predicted octanol–water partition coefficient (Wildman–Crippen LogP) is 5.04. The van der Waals surface area contributed by atoms with Crippen LogP contribution >= 0.6 is 11.3 Å². The molecule has 0 spiro atoms. The Balaban J connectivity index is 1.23. The zero-order chi connectivity index (χ0) is 30.8. The van der Waals surface area contributed by atoms with Crippen molar-refractivity contribution in [2.45, 2.75) is 19.1 Å². The van der Waals surface area contributed by atoms with Crippen molar-refractivity contribution < 1.29 is 23.5 Å². The molecule has 2 unspecified atom stereocenters. The van der Waals surface area contributed by atoms with Crippen LogP contribution in [0.3, 0.4) is 0 Å². The number of carbonyl (C=O) groups excluding carboxylic acids is 2. The monoisotopic (exact) mass is 615 g/mol. The van der Waals surface area contributed by atoms with Gasteiger partial charge in [0, 0.05) is 37.0 Å². The van der Waals surface area contributed by atoms with Gasteiger partial charge in [0.15, 0.2) is 16.7 Å². The lowest BCUT2D eigenvalue weighted by Crippen LogP contribution is -2.56. The molecule has 44 heavy (non-hydrogen) atoms. The SMILES string of the molecule is C=CC(=O)N1CCN2c3ncc(-c4ccc(OC)c(Nc5ncc(C(=O)Nc6ccccc6F)s5)n4)cc3C(C)OCC2C1. The minimum Gasteiger partial charge on any atom is -0.493 e. The van der Waals surface area contributed by atoms with Gasteiger partial charge >= 0.3 is 0 Å². The van der Waals surface area contributed by atoms with Crippen molar-refractivity contribution in [3.8, 4) is 17.0 Å². The van der Waals surface area contributed by atoms with Gasteiger partial charge in [0.1, 0.15) is 16.5 Å². The van der Waals surface area contributed by atoms with Gasteiger partial charge in [-0.2, -0.15) is 0 Å². The number of para-hydroxylation sites is 1. The van der Waals surface area contributed by atoms with Crippen LogP contribution in [0.15, 0.2) is 67.5 Å². The molecule has 11 nitrogen and oxygen atoms in total. The number of thiazole rings is 1. The van der Waals surface area contributed by atoms with Gasteiger partial charge in [0.25, 0.3) is 5.91 Å². The van der Waals surface area contributed by atoms with Gasteiger partial charge in [0.05, 0.1) is 43.4 Å². The molecule has 5 heterocycles. The molecule has 1 fully saturated rings. The number of fused-ring (bicyclic) bond motifs is 3. The van der Waals surface area contributed by atoms with Gasteiger partial charge in [-0.05, 0) is 43.3 Å². The molecule has 1 aromatic carbocycles. The van der Waals surface area contributed by atoms with Crippen LogP contribution in [0.25, 0.3) is 11.3 Å². The van der Waals surface area contributed by atoms with Crippen molar-refractivity contribution in [2.24, 2.45) is 0 Å². The van der Waals surface area contributed by atoms with Crippen molar-refractivity contribution in [3.63, 3.8) is 0 Å². The smallest absolute Gasteiger partial charge is 0.267 e. The second-order valence-corrected chi connectivity index (χ2v) is 11.3. The Labute approximate surface area is 257 Å². The standard InChI is InChI=1S/C31H30FN7O4S/c1-4-27(40)38-11-12-39-20(16-38)17-43-18(2)21-13-19(14-33-29(21)39)23-9-10-25(42-3)28(35-23)37-31-34-15-26(44-31)30(41)36-24-8-6-5-7-22(24)32/h4-10,13-15,18,20H,1,11-12,16-17H2,2-3H3,(H,36,41)(H,34,35,37). The lowest BCUT2D eigenvalue weighted by Gasteiger charge is -2.40. The molecule has 0 saturated carbocycles. The zero-order valence-corrected chi connectivity index (χ0v) is 24.9. The van der Waals surface area contributed by atoms with Gasteiger partial charge in [-0.15, -0.1) is 0 Å². The van der Waals surface area contributed by atoms with Crippen LogP contribution in [0.2, 0.25) is 0 Å². The van der Waals surface area contributed by atoms with Gasteiger partial charge in [-0.3, -0.25) is 9.59 Å². The highest BCUT2D eigenvalue weighted by Gasteiger charge is 2.35. The number of aromatic nitrogens is 3. The molecular formula is C31H30FN7O4S. The summed E-state index contributed by atoms with van der Waals surface area (Å²) in [6.07, 6.45) is 4.32. The number of hydrogen-bond donors (Lipinski definition) is 2. The molecule has 2 aliphatic heterocycles. The second-order valence-electron chi connectivity index (χ2n) is 10.3. The third kappa shape index (κ3) is 5.83. The maximum Gasteiger partial charge on any atom is 0.267 e. The summed E-state index contributed by atoms with van der Waals surface area (Å²) in [5.74, 6) is 0.645. The van der Waals surface area contributed by atoms with E-state index >= 15 is 0 Å². The molecule has 0 bridgehead atoms. The van der Waals surface area contributed by atoms with E-state index in [9.17, 15) is 14.0 Å². The number of anilines is 4. The van der Waals surface area contributed by atoms with Crippen LogP contribution < -0.4 is 20.3 Å². The highest BCUT2D eigenvalue weighted by atomic mass is 32.1.